The average molecular weight is 390 g/mol. The maximum atomic E-state index is 12.9. The van der Waals surface area contributed by atoms with Gasteiger partial charge in [0.1, 0.15) is 16.4 Å². The number of carbonyl (C=O) groups is 1. The molecule has 0 saturated heterocycles. The van der Waals surface area contributed by atoms with Gasteiger partial charge in [0, 0.05) is 11.6 Å². The Bertz CT molecular complexity index is 928. The summed E-state index contributed by atoms with van der Waals surface area (Å²) >= 11 is 0. The Morgan fingerprint density at radius 2 is 2.11 bits per heavy atom. The van der Waals surface area contributed by atoms with Crippen LogP contribution in [0.25, 0.3) is 0 Å². The second kappa shape index (κ2) is 8.75. The topological polar surface area (TPSA) is 88.9 Å². The Morgan fingerprint density at radius 1 is 1.37 bits per heavy atom. The molecule has 2 aromatic rings. The molecule has 2 rings (SSSR count). The number of sulfonamides is 1. The molecule has 0 fully saturated rings. The van der Waals surface area contributed by atoms with E-state index in [1.807, 2.05) is 0 Å². The molecule has 0 spiro atoms. The number of nitrogens with zero attached hydrogens (tertiary/aromatic N) is 1. The van der Waals surface area contributed by atoms with Crippen LogP contribution in [-0.4, -0.2) is 38.9 Å². The van der Waals surface area contributed by atoms with E-state index in [1.54, 1.807) is 26.0 Å². The largest absolute Gasteiger partial charge is 0.495 e. The predicted octanol–water partition coefficient (Wildman–Crippen LogP) is 2.25. The van der Waals surface area contributed by atoms with Crippen LogP contribution in [0.3, 0.4) is 0 Å². The molecule has 1 amide bonds. The third-order valence-electron chi connectivity index (χ3n) is 3.59. The number of terminal acetylenes is 1. The number of nitrogens with one attached hydrogen (secondary N) is 1. The number of benzene rings is 1. The Hall–Kier alpha value is -2.76. The lowest BCUT2D eigenvalue weighted by atomic mass is 10.2. The highest BCUT2D eigenvalue weighted by Crippen LogP contribution is 2.26. The molecule has 1 aromatic heterocycles. The summed E-state index contributed by atoms with van der Waals surface area (Å²) in [4.78, 5) is 14.2. The fraction of sp³-hybridized carbons (Fsp3) is 0.316. The summed E-state index contributed by atoms with van der Waals surface area (Å²) in [5.41, 5.74) is 0.182. The van der Waals surface area contributed by atoms with Crippen molar-refractivity contribution < 1.29 is 22.4 Å². The first-order valence-electron chi connectivity index (χ1n) is 8.24. The lowest BCUT2D eigenvalue weighted by molar-refractivity contribution is 0.0755. The van der Waals surface area contributed by atoms with Gasteiger partial charge in [-0.05, 0) is 44.2 Å². The average Bonchev–Trinajstić information content (AvgIpc) is 3.12. The van der Waals surface area contributed by atoms with Gasteiger partial charge in [-0.2, -0.15) is 0 Å². The molecule has 1 N–H and O–H groups in total. The number of rotatable bonds is 8. The molecular formula is C19H22N2O5S. The summed E-state index contributed by atoms with van der Waals surface area (Å²) in [6.07, 6.45) is 6.88. The van der Waals surface area contributed by atoms with Crippen LogP contribution < -0.4 is 9.46 Å². The maximum absolute atomic E-state index is 12.9. The van der Waals surface area contributed by atoms with Crippen LogP contribution in [0.5, 0.6) is 5.75 Å². The van der Waals surface area contributed by atoms with E-state index in [0.717, 1.165) is 0 Å². The first-order chi connectivity index (χ1) is 12.8. The van der Waals surface area contributed by atoms with Crippen LogP contribution in [0.1, 0.15) is 30.0 Å². The Balaban J connectivity index is 2.40. The third-order valence-corrected chi connectivity index (χ3v) is 5.27. The van der Waals surface area contributed by atoms with E-state index in [0.29, 0.717) is 5.76 Å². The molecular weight excluding hydrogens is 368 g/mol. The van der Waals surface area contributed by atoms with Crippen molar-refractivity contribution in [3.8, 4) is 18.1 Å². The third kappa shape index (κ3) is 5.12. The number of furan rings is 1. The minimum Gasteiger partial charge on any atom is -0.495 e. The summed E-state index contributed by atoms with van der Waals surface area (Å²) in [5, 5.41) is 0. The molecule has 7 nitrogen and oxygen atoms in total. The number of carbonyl (C=O) groups excluding carboxylic acids is 1. The van der Waals surface area contributed by atoms with Gasteiger partial charge in [0.25, 0.3) is 5.91 Å². The minimum absolute atomic E-state index is 0.0535. The fourth-order valence-electron chi connectivity index (χ4n) is 2.48. The Labute approximate surface area is 159 Å². The van der Waals surface area contributed by atoms with Crippen LogP contribution in [0, 0.1) is 12.3 Å². The fourth-order valence-corrected chi connectivity index (χ4v) is 3.92. The molecule has 144 valence electrons. The van der Waals surface area contributed by atoms with Crippen molar-refractivity contribution in [1.82, 2.24) is 9.62 Å². The van der Waals surface area contributed by atoms with Gasteiger partial charge in [0.2, 0.25) is 10.0 Å². The molecule has 0 atom stereocenters. The van der Waals surface area contributed by atoms with E-state index < -0.39 is 15.9 Å². The van der Waals surface area contributed by atoms with Crippen molar-refractivity contribution in [2.45, 2.75) is 31.3 Å². The van der Waals surface area contributed by atoms with E-state index in [9.17, 15) is 13.2 Å². The summed E-state index contributed by atoms with van der Waals surface area (Å²) in [6, 6.07) is 7.37. The molecule has 27 heavy (non-hydrogen) atoms. The Morgan fingerprint density at radius 3 is 2.67 bits per heavy atom. The number of ether oxygens (including phenoxy) is 1. The van der Waals surface area contributed by atoms with E-state index >= 15 is 0 Å². The van der Waals surface area contributed by atoms with Gasteiger partial charge in [0.05, 0.1) is 26.5 Å². The van der Waals surface area contributed by atoms with Crippen molar-refractivity contribution in [2.75, 3.05) is 13.7 Å². The van der Waals surface area contributed by atoms with Crippen molar-refractivity contribution in [3.05, 3.63) is 47.9 Å². The maximum Gasteiger partial charge on any atom is 0.255 e. The predicted molar refractivity (Wildman–Crippen MR) is 101 cm³/mol. The van der Waals surface area contributed by atoms with Gasteiger partial charge in [-0.1, -0.05) is 5.92 Å². The van der Waals surface area contributed by atoms with Gasteiger partial charge < -0.3 is 14.1 Å². The summed E-state index contributed by atoms with van der Waals surface area (Å²) < 4.78 is 38.1. The van der Waals surface area contributed by atoms with Crippen molar-refractivity contribution in [3.63, 3.8) is 0 Å². The lowest BCUT2D eigenvalue weighted by Crippen LogP contribution is -2.32. The number of hydrogen-bond donors (Lipinski definition) is 1. The zero-order chi connectivity index (χ0) is 20.0. The zero-order valence-electron chi connectivity index (χ0n) is 15.4. The molecule has 1 aromatic carbocycles. The van der Waals surface area contributed by atoms with Crippen LogP contribution in [0.15, 0.2) is 45.9 Å². The number of hydrogen-bond acceptors (Lipinski definition) is 5. The van der Waals surface area contributed by atoms with Gasteiger partial charge in [-0.3, -0.25) is 4.79 Å². The van der Waals surface area contributed by atoms with Crippen LogP contribution in [-0.2, 0) is 16.6 Å². The number of amides is 1. The standard InChI is InChI=1S/C19H22N2O5S/c1-5-10-21(13-16-7-6-11-26-16)19(22)15-8-9-17(25-4)18(12-15)27(23,24)20-14(2)3/h1,6-9,11-12,14,20H,10,13H2,2-4H3. The van der Waals surface area contributed by atoms with E-state index in [4.69, 9.17) is 15.6 Å². The first kappa shape index (κ1) is 20.6. The quantitative estimate of drug-likeness (QED) is 0.699. The van der Waals surface area contributed by atoms with Crippen LogP contribution in [0.2, 0.25) is 0 Å². The summed E-state index contributed by atoms with van der Waals surface area (Å²) in [6.45, 7) is 3.64. The summed E-state index contributed by atoms with van der Waals surface area (Å²) in [7, 11) is -2.48. The molecule has 8 heteroatoms. The highest BCUT2D eigenvalue weighted by Gasteiger charge is 2.24. The molecule has 0 aliphatic rings. The van der Waals surface area contributed by atoms with Crippen LogP contribution in [0.4, 0.5) is 0 Å². The Kier molecular flexibility index (Phi) is 6.66. The molecule has 0 saturated carbocycles. The molecule has 0 bridgehead atoms. The second-order valence-electron chi connectivity index (χ2n) is 6.09. The smallest absolute Gasteiger partial charge is 0.255 e. The second-order valence-corrected chi connectivity index (χ2v) is 7.77. The van der Waals surface area contributed by atoms with Gasteiger partial charge in [-0.25, -0.2) is 13.1 Å². The SMILES string of the molecule is C#CCN(Cc1ccco1)C(=O)c1ccc(OC)c(S(=O)(=O)NC(C)C)c1. The van der Waals surface area contributed by atoms with Crippen molar-refractivity contribution in [1.29, 1.82) is 0 Å². The summed E-state index contributed by atoms with van der Waals surface area (Å²) in [5.74, 6) is 2.74. The monoisotopic (exact) mass is 390 g/mol. The molecule has 0 aliphatic carbocycles. The normalized spacial score (nSPS) is 11.2. The number of methoxy groups -OCH3 is 1. The van der Waals surface area contributed by atoms with E-state index in [-0.39, 0.29) is 35.3 Å². The molecule has 0 aliphatic heterocycles. The van der Waals surface area contributed by atoms with Crippen molar-refractivity contribution in [2.24, 2.45) is 0 Å². The van der Waals surface area contributed by atoms with E-state index in [2.05, 4.69) is 10.6 Å². The highest BCUT2D eigenvalue weighted by atomic mass is 32.2. The van der Waals surface area contributed by atoms with Crippen molar-refractivity contribution >= 4 is 15.9 Å². The molecule has 0 unspecified atom stereocenters. The van der Waals surface area contributed by atoms with E-state index in [1.165, 1.54) is 36.5 Å². The van der Waals surface area contributed by atoms with Gasteiger partial charge in [-0.15, -0.1) is 6.42 Å². The minimum atomic E-state index is -3.85. The highest BCUT2D eigenvalue weighted by molar-refractivity contribution is 7.89. The molecule has 0 radical (unpaired) electrons. The molecule has 1 heterocycles. The van der Waals surface area contributed by atoms with Gasteiger partial charge in [0.15, 0.2) is 0 Å². The first-order valence-corrected chi connectivity index (χ1v) is 9.72. The van der Waals surface area contributed by atoms with Crippen LogP contribution >= 0.6 is 0 Å². The lowest BCUT2D eigenvalue weighted by Gasteiger charge is -2.20. The van der Waals surface area contributed by atoms with Gasteiger partial charge >= 0.3 is 0 Å². The zero-order valence-corrected chi connectivity index (χ0v) is 16.2.